The van der Waals surface area contributed by atoms with Crippen molar-refractivity contribution in [3.8, 4) is 22.7 Å². The second-order valence-corrected chi connectivity index (χ2v) is 5.07. The van der Waals surface area contributed by atoms with Gasteiger partial charge in [-0.2, -0.15) is 4.68 Å². The smallest absolute Gasteiger partial charge is 0.155 e. The van der Waals surface area contributed by atoms with Crippen molar-refractivity contribution in [3.63, 3.8) is 0 Å². The molecule has 5 nitrogen and oxygen atoms in total. The number of hydrogen-bond acceptors (Lipinski definition) is 4. The number of phenols is 1. The molecule has 0 saturated carbocycles. The van der Waals surface area contributed by atoms with Crippen molar-refractivity contribution in [2.75, 3.05) is 5.73 Å². The van der Waals surface area contributed by atoms with Crippen LogP contribution in [0.15, 0.2) is 42.5 Å². The minimum absolute atomic E-state index is 0.216. The van der Waals surface area contributed by atoms with E-state index in [0.717, 1.165) is 16.8 Å². The molecule has 0 amide bonds. The minimum Gasteiger partial charge on any atom is -0.508 e. The van der Waals surface area contributed by atoms with Crippen LogP contribution in [0, 0.1) is 13.8 Å². The number of hydrogen-bond donors (Lipinski definition) is 2. The first-order chi connectivity index (χ1) is 10.1. The van der Waals surface area contributed by atoms with Gasteiger partial charge in [-0.1, -0.05) is 35.0 Å². The first-order valence-corrected chi connectivity index (χ1v) is 6.64. The van der Waals surface area contributed by atoms with Crippen LogP contribution in [0.1, 0.15) is 11.1 Å². The number of nitrogens with two attached hydrogens (primary N) is 1. The third kappa shape index (κ3) is 2.33. The van der Waals surface area contributed by atoms with Crippen molar-refractivity contribution in [2.24, 2.45) is 0 Å². The summed E-state index contributed by atoms with van der Waals surface area (Å²) in [4.78, 5) is 0. The first kappa shape index (κ1) is 13.2. The van der Waals surface area contributed by atoms with Gasteiger partial charge in [0.15, 0.2) is 5.82 Å². The van der Waals surface area contributed by atoms with Crippen LogP contribution in [0.5, 0.6) is 5.75 Å². The van der Waals surface area contributed by atoms with Crippen LogP contribution in [0.4, 0.5) is 5.82 Å². The Hall–Kier alpha value is -2.82. The first-order valence-electron chi connectivity index (χ1n) is 6.64. The van der Waals surface area contributed by atoms with E-state index in [9.17, 15) is 5.11 Å². The molecule has 0 bridgehead atoms. The van der Waals surface area contributed by atoms with Gasteiger partial charge >= 0.3 is 0 Å². The predicted molar refractivity (Wildman–Crippen MR) is 82.3 cm³/mol. The summed E-state index contributed by atoms with van der Waals surface area (Å²) in [6.45, 7) is 3.92. The van der Waals surface area contributed by atoms with Crippen LogP contribution in [0.25, 0.3) is 16.9 Å². The van der Waals surface area contributed by atoms with Crippen LogP contribution in [-0.2, 0) is 0 Å². The number of benzene rings is 2. The molecule has 3 N–H and O–H groups in total. The van der Waals surface area contributed by atoms with Gasteiger partial charge in [-0.3, -0.25) is 0 Å². The SMILES string of the molecule is Cc1ccc(-c2nnn(-c3ccc(O)cc3C)c2N)cc1. The fraction of sp³-hybridized carbons (Fsp3) is 0.125. The van der Waals surface area contributed by atoms with Crippen LogP contribution in [0.3, 0.4) is 0 Å². The van der Waals surface area contributed by atoms with Crippen LogP contribution in [-0.4, -0.2) is 20.1 Å². The second-order valence-electron chi connectivity index (χ2n) is 5.07. The van der Waals surface area contributed by atoms with Crippen molar-refractivity contribution in [1.29, 1.82) is 0 Å². The van der Waals surface area contributed by atoms with Gasteiger partial charge in [-0.25, -0.2) is 0 Å². The summed E-state index contributed by atoms with van der Waals surface area (Å²) in [6.07, 6.45) is 0. The number of nitrogens with zero attached hydrogens (tertiary/aromatic N) is 3. The van der Waals surface area contributed by atoms with Gasteiger partial charge in [0.05, 0.1) is 5.69 Å². The average molecular weight is 280 g/mol. The van der Waals surface area contributed by atoms with E-state index >= 15 is 0 Å². The average Bonchev–Trinajstić information content (AvgIpc) is 2.82. The molecule has 0 aliphatic heterocycles. The van der Waals surface area contributed by atoms with Gasteiger partial charge in [-0.15, -0.1) is 5.10 Å². The van der Waals surface area contributed by atoms with Crippen LogP contribution < -0.4 is 5.73 Å². The summed E-state index contributed by atoms with van der Waals surface area (Å²) in [5, 5.41) is 17.8. The Labute approximate surface area is 122 Å². The second kappa shape index (κ2) is 4.94. The van der Waals surface area contributed by atoms with Crippen molar-refractivity contribution in [2.45, 2.75) is 13.8 Å². The zero-order valence-corrected chi connectivity index (χ0v) is 11.9. The summed E-state index contributed by atoms with van der Waals surface area (Å²) >= 11 is 0. The fourth-order valence-corrected chi connectivity index (χ4v) is 2.26. The zero-order valence-electron chi connectivity index (χ0n) is 11.9. The molecule has 0 unspecified atom stereocenters. The molecular formula is C16H16N4O. The van der Waals surface area contributed by atoms with Gasteiger partial charge in [0.2, 0.25) is 0 Å². The third-order valence-electron chi connectivity index (χ3n) is 3.44. The molecule has 3 rings (SSSR count). The summed E-state index contributed by atoms with van der Waals surface area (Å²) < 4.78 is 1.59. The Morgan fingerprint density at radius 2 is 1.76 bits per heavy atom. The molecule has 1 heterocycles. The molecule has 106 valence electrons. The molecule has 0 aliphatic rings. The summed E-state index contributed by atoms with van der Waals surface area (Å²) in [6, 6.07) is 13.0. The van der Waals surface area contributed by atoms with Crippen molar-refractivity contribution >= 4 is 5.82 Å². The summed E-state index contributed by atoms with van der Waals surface area (Å²) in [5.74, 6) is 0.696. The Kier molecular flexibility index (Phi) is 3.10. The molecule has 1 aromatic heterocycles. The van der Waals surface area contributed by atoms with E-state index in [1.54, 1.807) is 22.9 Å². The molecule has 2 aromatic carbocycles. The largest absolute Gasteiger partial charge is 0.508 e. The number of aromatic nitrogens is 3. The van der Waals surface area contributed by atoms with Crippen molar-refractivity contribution in [3.05, 3.63) is 53.6 Å². The van der Waals surface area contributed by atoms with Gasteiger partial charge in [0.25, 0.3) is 0 Å². The highest BCUT2D eigenvalue weighted by Gasteiger charge is 2.14. The highest BCUT2D eigenvalue weighted by Crippen LogP contribution is 2.27. The number of anilines is 1. The van der Waals surface area contributed by atoms with Crippen LogP contribution >= 0.6 is 0 Å². The number of aryl methyl sites for hydroxylation is 2. The van der Waals surface area contributed by atoms with E-state index in [2.05, 4.69) is 10.3 Å². The Morgan fingerprint density at radius 3 is 2.43 bits per heavy atom. The quantitative estimate of drug-likeness (QED) is 0.756. The number of aromatic hydroxyl groups is 1. The topological polar surface area (TPSA) is 77.0 Å². The zero-order chi connectivity index (χ0) is 15.0. The minimum atomic E-state index is 0.216. The predicted octanol–water partition coefficient (Wildman–Crippen LogP) is 2.84. The Bertz CT molecular complexity index is 791. The van der Waals surface area contributed by atoms with Crippen molar-refractivity contribution in [1.82, 2.24) is 15.0 Å². The fourth-order valence-electron chi connectivity index (χ4n) is 2.26. The van der Waals surface area contributed by atoms with E-state index in [1.165, 1.54) is 5.56 Å². The molecule has 0 fully saturated rings. The standard InChI is InChI=1S/C16H16N4O/c1-10-3-5-12(6-4-10)15-16(17)20(19-18-15)14-8-7-13(21)9-11(14)2/h3-9,21H,17H2,1-2H3. The summed E-state index contributed by atoms with van der Waals surface area (Å²) in [7, 11) is 0. The van der Waals surface area contributed by atoms with E-state index in [-0.39, 0.29) is 5.75 Å². The van der Waals surface area contributed by atoms with E-state index in [0.29, 0.717) is 11.5 Å². The van der Waals surface area contributed by atoms with E-state index < -0.39 is 0 Å². The van der Waals surface area contributed by atoms with Crippen molar-refractivity contribution < 1.29 is 5.11 Å². The van der Waals surface area contributed by atoms with Gasteiger partial charge in [-0.05, 0) is 37.6 Å². The summed E-state index contributed by atoms with van der Waals surface area (Å²) in [5.41, 5.74) is 10.6. The molecule has 0 aliphatic carbocycles. The molecule has 0 saturated heterocycles. The highest BCUT2D eigenvalue weighted by atomic mass is 16.3. The molecular weight excluding hydrogens is 264 g/mol. The molecule has 5 heteroatoms. The normalized spacial score (nSPS) is 10.8. The van der Waals surface area contributed by atoms with Gasteiger partial charge < -0.3 is 10.8 Å². The Morgan fingerprint density at radius 1 is 1.05 bits per heavy atom. The lowest BCUT2D eigenvalue weighted by atomic mass is 10.1. The maximum Gasteiger partial charge on any atom is 0.155 e. The lowest BCUT2D eigenvalue weighted by Gasteiger charge is -2.07. The van der Waals surface area contributed by atoms with Crippen LogP contribution in [0.2, 0.25) is 0 Å². The monoisotopic (exact) mass is 280 g/mol. The number of rotatable bonds is 2. The van der Waals surface area contributed by atoms with Gasteiger partial charge in [0.1, 0.15) is 11.4 Å². The van der Waals surface area contributed by atoms with E-state index in [1.807, 2.05) is 38.1 Å². The molecule has 3 aromatic rings. The number of nitrogen functional groups attached to an aromatic ring is 1. The number of phenolic OH excluding ortho intramolecular Hbond substituents is 1. The maximum atomic E-state index is 9.49. The lowest BCUT2D eigenvalue weighted by Crippen LogP contribution is -2.04. The third-order valence-corrected chi connectivity index (χ3v) is 3.44. The Balaban J connectivity index is 2.09. The van der Waals surface area contributed by atoms with E-state index in [4.69, 9.17) is 5.73 Å². The molecule has 0 spiro atoms. The highest BCUT2D eigenvalue weighted by molar-refractivity contribution is 5.71. The lowest BCUT2D eigenvalue weighted by molar-refractivity contribution is 0.474. The molecule has 0 atom stereocenters. The van der Waals surface area contributed by atoms with Gasteiger partial charge in [0, 0.05) is 5.56 Å². The maximum absolute atomic E-state index is 9.49. The molecule has 0 radical (unpaired) electrons. The molecule has 21 heavy (non-hydrogen) atoms.